The quantitative estimate of drug-likeness (QED) is 0.180. The van der Waals surface area contributed by atoms with Crippen LogP contribution < -0.4 is 25.7 Å². The second-order valence-electron chi connectivity index (χ2n) is 11.6. The number of ketones is 1. The summed E-state index contributed by atoms with van der Waals surface area (Å²) in [5, 5.41) is 25.5. The van der Waals surface area contributed by atoms with Crippen LogP contribution in [0.2, 0.25) is 0 Å². The summed E-state index contributed by atoms with van der Waals surface area (Å²) in [5.41, 5.74) is 7.71. The predicted octanol–water partition coefficient (Wildman–Crippen LogP) is 3.49. The first-order chi connectivity index (χ1) is 21.5. The van der Waals surface area contributed by atoms with Crippen molar-refractivity contribution in [2.45, 2.75) is 40.5 Å². The number of ether oxygens (including phenoxy) is 1. The molecule has 3 atom stereocenters. The third kappa shape index (κ3) is 5.07. The Morgan fingerprint density at radius 1 is 0.978 bits per heavy atom. The maximum absolute atomic E-state index is 14.0. The van der Waals surface area contributed by atoms with Crippen LogP contribution in [0.25, 0.3) is 41.3 Å². The second kappa shape index (κ2) is 12.4. The molecule has 2 N–H and O–H groups in total. The number of rotatable bonds is 6. The van der Waals surface area contributed by atoms with Gasteiger partial charge in [-0.1, -0.05) is 60.1 Å². The minimum atomic E-state index is -1.28. The van der Waals surface area contributed by atoms with E-state index in [2.05, 4.69) is 6.58 Å². The zero-order valence-electron chi connectivity index (χ0n) is 26.3. The number of carboxylic acids is 1. The number of nitrogens with zero attached hydrogens (tertiary/aromatic N) is 4. The van der Waals surface area contributed by atoms with E-state index in [1.807, 2.05) is 32.9 Å². The Balaban J connectivity index is 0.00000417. The van der Waals surface area contributed by atoms with Crippen LogP contribution in [0.1, 0.15) is 80.7 Å². The van der Waals surface area contributed by atoms with Crippen LogP contribution in [0, 0.1) is 38.5 Å². The van der Waals surface area contributed by atoms with Crippen LogP contribution in [-0.2, 0) is 14.3 Å². The van der Waals surface area contributed by atoms with Crippen LogP contribution >= 0.6 is 0 Å². The van der Waals surface area contributed by atoms with Gasteiger partial charge in [0, 0.05) is 12.0 Å². The van der Waals surface area contributed by atoms with Gasteiger partial charge < -0.3 is 35.2 Å². The van der Waals surface area contributed by atoms with Crippen LogP contribution in [0.15, 0.2) is 24.2 Å². The third-order valence-corrected chi connectivity index (χ3v) is 9.22. The van der Waals surface area contributed by atoms with E-state index in [0.717, 1.165) is 23.0 Å². The summed E-state index contributed by atoms with van der Waals surface area (Å²) >= 11 is 0. The van der Waals surface area contributed by atoms with Gasteiger partial charge in [0.05, 0.1) is 13.4 Å². The zero-order valence-corrected chi connectivity index (χ0v) is 27.8. The topological polar surface area (TPSA) is 157 Å². The molecule has 0 unspecified atom stereocenters. The minimum Gasteiger partial charge on any atom is -0.664 e. The summed E-state index contributed by atoms with van der Waals surface area (Å²) < 4.78 is 5.10. The van der Waals surface area contributed by atoms with E-state index in [-0.39, 0.29) is 41.8 Å². The maximum Gasteiger partial charge on any atom is 2.00 e. The molecule has 0 saturated carbocycles. The second-order valence-corrected chi connectivity index (χ2v) is 11.6. The molecule has 0 radical (unpaired) electrons. The summed E-state index contributed by atoms with van der Waals surface area (Å²) in [5.74, 6) is -4.05. The van der Waals surface area contributed by atoms with Crippen LogP contribution in [0.5, 0.6) is 0 Å². The van der Waals surface area contributed by atoms with Crippen LogP contribution in [-0.4, -0.2) is 58.1 Å². The van der Waals surface area contributed by atoms with Crippen LogP contribution in [0.4, 0.5) is 0 Å². The molecule has 46 heavy (non-hydrogen) atoms. The smallest absolute Gasteiger partial charge is 0.664 e. The predicted molar refractivity (Wildman–Crippen MR) is 175 cm³/mol. The van der Waals surface area contributed by atoms with Crippen molar-refractivity contribution < 1.29 is 29.3 Å². The number of carboxylic acid groups (broad SMARTS) is 1. The molecule has 0 amide bonds. The van der Waals surface area contributed by atoms with Crippen LogP contribution in [0.3, 0.4) is 0 Å². The van der Waals surface area contributed by atoms with Gasteiger partial charge in [-0.15, -0.1) is 33.5 Å². The standard InChI is InChI=1S/C35H34N4O6.Mg/c1-7-19-15(2)22-12-24-17(4)21(8-9-28(41)42)32(38-24)30-31(35(44)45-6)34(43)29-18(5)25(39-33(29)30)14-27-20(10-11-40)16(3)23(37-27)13-26(19)36-22;/h7,10-14,17,21,31H,1,8-9H2,2-6H3,(H4,38,39,40,41,42,43);/q-2;+2/p-2/b11-10+,23-13-,24-12-,27-14-;/t17-,21-,31+;/m0./s1. The number of carbonyl (C=O) groups is 3. The molecule has 0 spiro atoms. The minimum absolute atomic E-state index is 0. The van der Waals surface area contributed by atoms with E-state index in [9.17, 15) is 24.6 Å². The number of aliphatic carboxylic acids is 1. The van der Waals surface area contributed by atoms with E-state index < -0.39 is 29.6 Å². The van der Waals surface area contributed by atoms with Crippen molar-refractivity contribution in [3.63, 3.8) is 0 Å². The van der Waals surface area contributed by atoms with Crippen molar-refractivity contribution >= 4 is 76.7 Å². The Kier molecular flexibility index (Phi) is 8.85. The Morgan fingerprint density at radius 3 is 2.33 bits per heavy atom. The molecule has 1 saturated heterocycles. The Bertz CT molecular complexity index is 2040. The van der Waals surface area contributed by atoms with E-state index in [0.29, 0.717) is 67.1 Å². The fourth-order valence-electron chi connectivity index (χ4n) is 6.73. The summed E-state index contributed by atoms with van der Waals surface area (Å²) in [7, 11) is 1.23. The number of hydrogen-bond donors (Lipinski definition) is 2. The molecule has 0 aromatic carbocycles. The van der Waals surface area contributed by atoms with Gasteiger partial charge >= 0.3 is 35.0 Å². The fourth-order valence-corrected chi connectivity index (χ4v) is 6.73. The first-order valence-corrected chi connectivity index (χ1v) is 14.7. The van der Waals surface area contributed by atoms with Gasteiger partial charge in [0.25, 0.3) is 0 Å². The maximum atomic E-state index is 14.0. The molecule has 3 aromatic rings. The molecule has 232 valence electrons. The number of aliphatic hydroxyl groups is 1. The number of hydrogen-bond acceptors (Lipinski definition) is 5. The number of aromatic nitrogens is 3. The van der Waals surface area contributed by atoms with Gasteiger partial charge in [-0.3, -0.25) is 14.4 Å². The number of allylic oxidation sites excluding steroid dienone is 2. The van der Waals surface area contributed by atoms with Gasteiger partial charge in [0.2, 0.25) is 0 Å². The van der Waals surface area contributed by atoms with Crippen molar-refractivity contribution in [1.29, 1.82) is 0 Å². The monoisotopic (exact) mass is 628 g/mol. The Hall–Kier alpha value is -4.48. The molecule has 6 rings (SSSR count). The number of fused-ring (bicyclic) bond motifs is 7. The van der Waals surface area contributed by atoms with Gasteiger partial charge in [-0.2, -0.15) is 11.4 Å². The summed E-state index contributed by atoms with van der Waals surface area (Å²) in [4.78, 5) is 53.5. The largest absolute Gasteiger partial charge is 2.00 e. The van der Waals surface area contributed by atoms with E-state index in [1.165, 1.54) is 7.11 Å². The summed E-state index contributed by atoms with van der Waals surface area (Å²) in [6, 6.07) is 0. The van der Waals surface area contributed by atoms with Crippen molar-refractivity contribution in [3.05, 3.63) is 96.4 Å². The van der Waals surface area contributed by atoms with E-state index >= 15 is 0 Å². The molecular weight excluding hydrogens is 597 g/mol. The van der Waals surface area contributed by atoms with Crippen molar-refractivity contribution in [1.82, 2.24) is 15.0 Å². The molecule has 10 nitrogen and oxygen atoms in total. The first kappa shape index (κ1) is 32.9. The molecule has 1 fully saturated rings. The molecule has 1 aliphatic carbocycles. The number of aliphatic hydroxyl groups excluding tert-OH is 1. The summed E-state index contributed by atoms with van der Waals surface area (Å²) in [6.45, 7) is 11.6. The van der Waals surface area contributed by atoms with Crippen molar-refractivity contribution in [2.75, 3.05) is 7.11 Å². The molecule has 8 bridgehead atoms. The molecule has 5 heterocycles. The van der Waals surface area contributed by atoms with E-state index in [4.69, 9.17) is 25.0 Å². The van der Waals surface area contributed by atoms with Gasteiger partial charge in [0.15, 0.2) is 5.78 Å². The van der Waals surface area contributed by atoms with Crippen molar-refractivity contribution in [2.24, 2.45) is 17.8 Å². The molecule has 2 aliphatic heterocycles. The molecule has 3 aromatic heterocycles. The fraction of sp³-hybridized carbons (Fsp3) is 0.286. The molecule has 3 aliphatic rings. The number of carbonyl (C=O) groups excluding carboxylic acids is 2. The first-order valence-electron chi connectivity index (χ1n) is 14.7. The SMILES string of the molecule is C=Cc1c2[n-]c(c1C)/C=C1\[N-]/C(=C3\c4[n-]c(c(C)c4C(=O)[C@@H]3C(=O)OC)/C=c3\[n-]/c(c(C)c3/C=C/O)=C\2)[C@@H](CCC(=O)O)[C@@H]1C.[Mg+2]. The van der Waals surface area contributed by atoms with E-state index in [1.54, 1.807) is 25.2 Å². The third-order valence-electron chi connectivity index (χ3n) is 9.22. The normalized spacial score (nSPS) is 23.9. The van der Waals surface area contributed by atoms with Crippen molar-refractivity contribution in [3.8, 4) is 0 Å². The number of esters is 1. The number of Topliss-reactive ketones (excluding diaryl/α,β-unsaturated/α-hetero) is 1. The number of methoxy groups -OCH3 is 1. The Labute approximate surface area is 281 Å². The summed E-state index contributed by atoms with van der Waals surface area (Å²) in [6.07, 6.45) is 9.88. The molecule has 11 heteroatoms. The van der Waals surface area contributed by atoms with Gasteiger partial charge in [0.1, 0.15) is 5.92 Å². The average molecular weight is 629 g/mol. The average Bonchev–Trinajstić information content (AvgIpc) is 3.74. The Morgan fingerprint density at radius 2 is 1.67 bits per heavy atom. The van der Waals surface area contributed by atoms with Gasteiger partial charge in [-0.05, 0) is 56.2 Å². The zero-order chi connectivity index (χ0) is 32.3. The van der Waals surface area contributed by atoms with Gasteiger partial charge in [-0.25, -0.2) is 0 Å². The molecular formula is C35H32MgN4O6-2.